The standard InChI is InChI=1S/C16H28N2O2S/c1-4-6-10-15(8-5-2)18-21(19,20)16-11-7-9-14(12-16)13(3)17/h7,9,11-13,15,18H,4-6,8,10,17H2,1-3H3. The Hall–Kier alpha value is -0.910. The highest BCUT2D eigenvalue weighted by Crippen LogP contribution is 2.17. The highest BCUT2D eigenvalue weighted by Gasteiger charge is 2.19. The molecule has 5 heteroatoms. The number of nitrogens with two attached hydrogens (primary N) is 1. The average molecular weight is 312 g/mol. The molecule has 0 radical (unpaired) electrons. The fourth-order valence-electron chi connectivity index (χ4n) is 2.31. The molecule has 0 aliphatic rings. The molecule has 1 rings (SSSR count). The van der Waals surface area contributed by atoms with Gasteiger partial charge in [-0.1, -0.05) is 45.2 Å². The third kappa shape index (κ3) is 5.77. The Labute approximate surface area is 129 Å². The first-order valence-electron chi connectivity index (χ1n) is 7.78. The Kier molecular flexibility index (Phi) is 7.35. The van der Waals surface area contributed by atoms with Crippen LogP contribution in [0.25, 0.3) is 0 Å². The Balaban J connectivity index is 2.90. The molecule has 3 N–H and O–H groups in total. The minimum absolute atomic E-state index is 0.0129. The molecule has 0 saturated carbocycles. The van der Waals surface area contributed by atoms with Gasteiger partial charge < -0.3 is 5.73 Å². The van der Waals surface area contributed by atoms with Gasteiger partial charge in [0.05, 0.1) is 4.90 Å². The number of sulfonamides is 1. The summed E-state index contributed by atoms with van der Waals surface area (Å²) in [7, 11) is -3.47. The van der Waals surface area contributed by atoms with Gasteiger partial charge in [0.15, 0.2) is 0 Å². The summed E-state index contributed by atoms with van der Waals surface area (Å²) in [6.45, 7) is 6.04. The molecule has 4 nitrogen and oxygen atoms in total. The second-order valence-electron chi connectivity index (χ2n) is 5.61. The van der Waals surface area contributed by atoms with E-state index in [1.54, 1.807) is 18.2 Å². The number of unbranched alkanes of at least 4 members (excludes halogenated alkanes) is 1. The molecule has 0 fully saturated rings. The monoisotopic (exact) mass is 312 g/mol. The first-order chi connectivity index (χ1) is 9.90. The van der Waals surface area contributed by atoms with E-state index in [1.165, 1.54) is 0 Å². The van der Waals surface area contributed by atoms with Crippen molar-refractivity contribution >= 4 is 10.0 Å². The Morgan fingerprint density at radius 1 is 1.19 bits per heavy atom. The maximum atomic E-state index is 12.5. The van der Waals surface area contributed by atoms with Crippen molar-refractivity contribution in [1.82, 2.24) is 4.72 Å². The number of rotatable bonds is 9. The summed E-state index contributed by atoms with van der Waals surface area (Å²) in [5.41, 5.74) is 6.66. The normalized spacial score (nSPS) is 14.9. The molecular formula is C16H28N2O2S. The van der Waals surface area contributed by atoms with Gasteiger partial charge in [-0.25, -0.2) is 13.1 Å². The van der Waals surface area contributed by atoms with E-state index in [2.05, 4.69) is 18.6 Å². The van der Waals surface area contributed by atoms with Gasteiger partial charge in [-0.3, -0.25) is 0 Å². The van der Waals surface area contributed by atoms with Crippen molar-refractivity contribution in [1.29, 1.82) is 0 Å². The Morgan fingerprint density at radius 3 is 2.48 bits per heavy atom. The molecular weight excluding hydrogens is 284 g/mol. The minimum atomic E-state index is -3.47. The first-order valence-corrected chi connectivity index (χ1v) is 9.26. The Bertz CT molecular complexity index is 527. The zero-order valence-electron chi connectivity index (χ0n) is 13.3. The molecule has 1 aromatic rings. The minimum Gasteiger partial charge on any atom is -0.324 e. The fourth-order valence-corrected chi connectivity index (χ4v) is 3.67. The summed E-state index contributed by atoms with van der Waals surface area (Å²) in [5, 5.41) is 0. The highest BCUT2D eigenvalue weighted by atomic mass is 32.2. The second-order valence-corrected chi connectivity index (χ2v) is 7.32. The zero-order valence-corrected chi connectivity index (χ0v) is 14.1. The molecule has 2 unspecified atom stereocenters. The van der Waals surface area contributed by atoms with Gasteiger partial charge in [0, 0.05) is 12.1 Å². The van der Waals surface area contributed by atoms with Crippen LogP contribution < -0.4 is 10.5 Å². The van der Waals surface area contributed by atoms with Crippen molar-refractivity contribution in [2.45, 2.75) is 69.9 Å². The van der Waals surface area contributed by atoms with E-state index < -0.39 is 10.0 Å². The van der Waals surface area contributed by atoms with Crippen LogP contribution in [0.2, 0.25) is 0 Å². The summed E-state index contributed by atoms with van der Waals surface area (Å²) in [6.07, 6.45) is 4.83. The van der Waals surface area contributed by atoms with E-state index in [0.717, 1.165) is 37.7 Å². The summed E-state index contributed by atoms with van der Waals surface area (Å²) >= 11 is 0. The van der Waals surface area contributed by atoms with Crippen molar-refractivity contribution < 1.29 is 8.42 Å². The summed E-state index contributed by atoms with van der Waals surface area (Å²) in [6, 6.07) is 6.72. The van der Waals surface area contributed by atoms with Gasteiger partial charge in [0.25, 0.3) is 0 Å². The predicted octanol–water partition coefficient (Wildman–Crippen LogP) is 3.34. The van der Waals surface area contributed by atoms with E-state index in [0.29, 0.717) is 4.90 Å². The second kappa shape index (κ2) is 8.51. The van der Waals surface area contributed by atoms with Crippen LogP contribution in [0.3, 0.4) is 0 Å². The molecule has 0 bridgehead atoms. The Morgan fingerprint density at radius 2 is 1.90 bits per heavy atom. The van der Waals surface area contributed by atoms with E-state index in [4.69, 9.17) is 5.73 Å². The third-order valence-corrected chi connectivity index (χ3v) is 5.08. The number of benzene rings is 1. The lowest BCUT2D eigenvalue weighted by Crippen LogP contribution is -2.34. The summed E-state index contributed by atoms with van der Waals surface area (Å²) in [5.74, 6) is 0. The van der Waals surface area contributed by atoms with Gasteiger partial charge in [-0.2, -0.15) is 0 Å². The molecule has 0 spiro atoms. The van der Waals surface area contributed by atoms with Crippen molar-refractivity contribution in [3.05, 3.63) is 29.8 Å². The van der Waals surface area contributed by atoms with Crippen LogP contribution in [0.5, 0.6) is 0 Å². The predicted molar refractivity (Wildman–Crippen MR) is 87.6 cm³/mol. The van der Waals surface area contributed by atoms with Gasteiger partial charge >= 0.3 is 0 Å². The van der Waals surface area contributed by atoms with Crippen molar-refractivity contribution in [3.63, 3.8) is 0 Å². The molecule has 0 aliphatic carbocycles. The van der Waals surface area contributed by atoms with Gasteiger partial charge in [0.1, 0.15) is 0 Å². The molecule has 1 aromatic carbocycles. The molecule has 0 aromatic heterocycles. The summed E-state index contributed by atoms with van der Waals surface area (Å²) in [4.78, 5) is 0.301. The van der Waals surface area contributed by atoms with Gasteiger partial charge in [0.2, 0.25) is 10.0 Å². The maximum Gasteiger partial charge on any atom is 0.240 e. The smallest absolute Gasteiger partial charge is 0.240 e. The lowest BCUT2D eigenvalue weighted by molar-refractivity contribution is 0.483. The quantitative estimate of drug-likeness (QED) is 0.734. The first kappa shape index (κ1) is 18.1. The number of hydrogen-bond acceptors (Lipinski definition) is 3. The molecule has 0 amide bonds. The SMILES string of the molecule is CCCCC(CCC)NS(=O)(=O)c1cccc(C(C)N)c1. The summed E-state index contributed by atoms with van der Waals surface area (Å²) < 4.78 is 27.8. The maximum absolute atomic E-state index is 12.5. The van der Waals surface area contributed by atoms with Crippen LogP contribution in [-0.4, -0.2) is 14.5 Å². The fraction of sp³-hybridized carbons (Fsp3) is 0.625. The largest absolute Gasteiger partial charge is 0.324 e. The number of nitrogens with one attached hydrogen (secondary N) is 1. The van der Waals surface area contributed by atoms with Crippen LogP contribution in [0.4, 0.5) is 0 Å². The molecule has 21 heavy (non-hydrogen) atoms. The van der Waals surface area contributed by atoms with Crippen LogP contribution in [0, 0.1) is 0 Å². The molecule has 0 saturated heterocycles. The van der Waals surface area contributed by atoms with Crippen LogP contribution in [0.1, 0.15) is 64.5 Å². The van der Waals surface area contributed by atoms with Crippen molar-refractivity contribution in [3.8, 4) is 0 Å². The number of hydrogen-bond donors (Lipinski definition) is 2. The molecule has 120 valence electrons. The molecule has 0 heterocycles. The molecule has 0 aliphatic heterocycles. The average Bonchev–Trinajstić information content (AvgIpc) is 2.45. The van der Waals surface area contributed by atoms with E-state index >= 15 is 0 Å². The van der Waals surface area contributed by atoms with E-state index in [-0.39, 0.29) is 12.1 Å². The lowest BCUT2D eigenvalue weighted by atomic mass is 10.1. The van der Waals surface area contributed by atoms with E-state index in [9.17, 15) is 8.42 Å². The third-order valence-electron chi connectivity index (χ3n) is 3.56. The topological polar surface area (TPSA) is 72.2 Å². The lowest BCUT2D eigenvalue weighted by Gasteiger charge is -2.18. The van der Waals surface area contributed by atoms with Crippen molar-refractivity contribution in [2.75, 3.05) is 0 Å². The zero-order chi connectivity index (χ0) is 15.9. The van der Waals surface area contributed by atoms with E-state index in [1.807, 2.05) is 13.0 Å². The van der Waals surface area contributed by atoms with Crippen molar-refractivity contribution in [2.24, 2.45) is 5.73 Å². The van der Waals surface area contributed by atoms with Crippen LogP contribution in [0.15, 0.2) is 29.2 Å². The molecule has 2 atom stereocenters. The van der Waals surface area contributed by atoms with Crippen LogP contribution >= 0.6 is 0 Å². The van der Waals surface area contributed by atoms with Gasteiger partial charge in [-0.05, 0) is 37.5 Å². The van der Waals surface area contributed by atoms with Crippen LogP contribution in [-0.2, 0) is 10.0 Å². The van der Waals surface area contributed by atoms with Gasteiger partial charge in [-0.15, -0.1) is 0 Å². The highest BCUT2D eigenvalue weighted by molar-refractivity contribution is 7.89.